The Morgan fingerprint density at radius 2 is 2.00 bits per heavy atom. The zero-order valence-corrected chi connectivity index (χ0v) is 7.51. The summed E-state index contributed by atoms with van der Waals surface area (Å²) in [4.78, 5) is 4.15. The fraction of sp³-hybridized carbons (Fsp3) is 0.500. The lowest BCUT2D eigenvalue weighted by Gasteiger charge is -2.10. The summed E-state index contributed by atoms with van der Waals surface area (Å²) in [5.41, 5.74) is 0.968. The quantitative estimate of drug-likeness (QED) is 0.535. The normalized spacial score (nSPS) is 10.8. The summed E-state index contributed by atoms with van der Waals surface area (Å²) in [7, 11) is 0. The lowest BCUT2D eigenvalue weighted by atomic mass is 10.0. The van der Waals surface area contributed by atoms with Crippen molar-refractivity contribution in [1.82, 2.24) is 0 Å². The predicted molar refractivity (Wildman–Crippen MR) is 51.9 cm³/mol. The van der Waals surface area contributed by atoms with Crippen molar-refractivity contribution in [3.05, 3.63) is 24.9 Å². The first-order chi connectivity index (χ1) is 5.26. The Labute approximate surface area is 69.5 Å². The minimum Gasteiger partial charge on any atom is -0.262 e. The zero-order valence-electron chi connectivity index (χ0n) is 7.51. The minimum atomic E-state index is 0.534. The van der Waals surface area contributed by atoms with Gasteiger partial charge in [-0.25, -0.2) is 0 Å². The van der Waals surface area contributed by atoms with Gasteiger partial charge in [-0.05, 0) is 12.8 Å². The highest BCUT2D eigenvalue weighted by Crippen LogP contribution is 2.17. The van der Waals surface area contributed by atoms with Crippen LogP contribution in [0.15, 0.2) is 29.9 Å². The molecular weight excluding hydrogens is 134 g/mol. The molecule has 0 radical (unpaired) electrons. The molecule has 62 valence electrons. The molecule has 0 spiro atoms. The first-order valence-electron chi connectivity index (χ1n) is 4.10. The second-order valence-electron chi connectivity index (χ2n) is 2.52. The molecule has 11 heavy (non-hydrogen) atoms. The number of allylic oxidation sites excluding steroid dienone is 2. The summed E-state index contributed by atoms with van der Waals surface area (Å²) < 4.78 is 0. The van der Waals surface area contributed by atoms with Crippen molar-refractivity contribution in [2.24, 2.45) is 10.9 Å². The Balaban J connectivity index is 3.98. The molecule has 0 amide bonds. The van der Waals surface area contributed by atoms with Gasteiger partial charge < -0.3 is 0 Å². The van der Waals surface area contributed by atoms with E-state index in [1.807, 2.05) is 0 Å². The van der Waals surface area contributed by atoms with Crippen LogP contribution in [0.25, 0.3) is 0 Å². The fourth-order valence-corrected chi connectivity index (χ4v) is 1.01. The molecule has 0 aromatic rings. The molecule has 0 rings (SSSR count). The van der Waals surface area contributed by atoms with Crippen molar-refractivity contribution >= 4 is 6.21 Å². The molecule has 0 aliphatic heterocycles. The zero-order chi connectivity index (χ0) is 8.69. The van der Waals surface area contributed by atoms with E-state index in [9.17, 15) is 0 Å². The standard InChI is InChI=1S/C10H17N/c1-5-8-11-9(4)10(6-2)7-3/h5,8,10H,1,4,6-7H2,2-3H3. The van der Waals surface area contributed by atoms with E-state index in [2.05, 4.69) is 32.0 Å². The van der Waals surface area contributed by atoms with Crippen LogP contribution in [-0.4, -0.2) is 6.21 Å². The lowest BCUT2D eigenvalue weighted by Crippen LogP contribution is -1.97. The molecule has 0 aliphatic carbocycles. The number of aliphatic imine (C=N–C) groups is 1. The maximum Gasteiger partial charge on any atom is 0.0362 e. The molecule has 0 aromatic heterocycles. The van der Waals surface area contributed by atoms with Gasteiger partial charge in [0.15, 0.2) is 0 Å². The molecule has 0 unspecified atom stereocenters. The van der Waals surface area contributed by atoms with Crippen molar-refractivity contribution in [3.8, 4) is 0 Å². The number of hydrogen-bond donors (Lipinski definition) is 0. The summed E-state index contributed by atoms with van der Waals surface area (Å²) in [5, 5.41) is 0. The fourth-order valence-electron chi connectivity index (χ4n) is 1.01. The van der Waals surface area contributed by atoms with Gasteiger partial charge >= 0.3 is 0 Å². The van der Waals surface area contributed by atoms with Gasteiger partial charge in [0.05, 0.1) is 0 Å². The smallest absolute Gasteiger partial charge is 0.0362 e. The van der Waals surface area contributed by atoms with Gasteiger partial charge in [0, 0.05) is 17.8 Å². The van der Waals surface area contributed by atoms with Gasteiger partial charge in [-0.1, -0.05) is 33.1 Å². The highest BCUT2D eigenvalue weighted by Gasteiger charge is 2.04. The Morgan fingerprint density at radius 1 is 1.45 bits per heavy atom. The van der Waals surface area contributed by atoms with Crippen molar-refractivity contribution in [2.75, 3.05) is 0 Å². The van der Waals surface area contributed by atoms with E-state index in [4.69, 9.17) is 0 Å². The molecule has 0 saturated carbocycles. The molecule has 0 N–H and O–H groups in total. The van der Waals surface area contributed by atoms with E-state index in [0.29, 0.717) is 5.92 Å². The van der Waals surface area contributed by atoms with Gasteiger partial charge in [-0.3, -0.25) is 4.99 Å². The number of hydrogen-bond acceptors (Lipinski definition) is 1. The summed E-state index contributed by atoms with van der Waals surface area (Å²) in [6.45, 7) is 11.8. The van der Waals surface area contributed by atoms with Crippen LogP contribution < -0.4 is 0 Å². The molecule has 0 fully saturated rings. The number of rotatable bonds is 5. The van der Waals surface area contributed by atoms with Gasteiger partial charge in [0.2, 0.25) is 0 Å². The Morgan fingerprint density at radius 3 is 2.36 bits per heavy atom. The predicted octanol–water partition coefficient (Wildman–Crippen LogP) is 3.19. The summed E-state index contributed by atoms with van der Waals surface area (Å²) in [5.74, 6) is 0.534. The van der Waals surface area contributed by atoms with Crippen LogP contribution >= 0.6 is 0 Å². The van der Waals surface area contributed by atoms with Crippen molar-refractivity contribution in [3.63, 3.8) is 0 Å². The van der Waals surface area contributed by atoms with Gasteiger partial charge in [0.1, 0.15) is 0 Å². The van der Waals surface area contributed by atoms with Crippen molar-refractivity contribution in [2.45, 2.75) is 26.7 Å². The average molecular weight is 151 g/mol. The van der Waals surface area contributed by atoms with E-state index >= 15 is 0 Å². The molecule has 0 bridgehead atoms. The van der Waals surface area contributed by atoms with Crippen LogP contribution in [0.4, 0.5) is 0 Å². The second kappa shape index (κ2) is 5.90. The third-order valence-electron chi connectivity index (χ3n) is 1.80. The molecule has 0 atom stereocenters. The second-order valence-corrected chi connectivity index (χ2v) is 2.52. The van der Waals surface area contributed by atoms with E-state index < -0.39 is 0 Å². The van der Waals surface area contributed by atoms with Crippen LogP contribution in [-0.2, 0) is 0 Å². The van der Waals surface area contributed by atoms with Crippen molar-refractivity contribution in [1.29, 1.82) is 0 Å². The maximum atomic E-state index is 4.15. The van der Waals surface area contributed by atoms with E-state index in [-0.39, 0.29) is 0 Å². The van der Waals surface area contributed by atoms with Gasteiger partial charge in [0.25, 0.3) is 0 Å². The molecular formula is C10H17N. The van der Waals surface area contributed by atoms with Crippen LogP contribution in [0.3, 0.4) is 0 Å². The van der Waals surface area contributed by atoms with Crippen LogP contribution in [0, 0.1) is 5.92 Å². The van der Waals surface area contributed by atoms with Crippen molar-refractivity contribution < 1.29 is 0 Å². The Kier molecular flexibility index (Phi) is 5.44. The summed E-state index contributed by atoms with van der Waals surface area (Å²) in [6.07, 6.45) is 5.60. The van der Waals surface area contributed by atoms with Crippen LogP contribution in [0.1, 0.15) is 26.7 Å². The Bertz CT molecular complexity index is 152. The molecule has 0 aliphatic rings. The molecule has 1 heteroatoms. The first kappa shape index (κ1) is 10.2. The minimum absolute atomic E-state index is 0.534. The average Bonchev–Trinajstić information content (AvgIpc) is 2.03. The monoisotopic (exact) mass is 151 g/mol. The highest BCUT2D eigenvalue weighted by atomic mass is 14.7. The molecule has 0 saturated heterocycles. The lowest BCUT2D eigenvalue weighted by molar-refractivity contribution is 0.569. The highest BCUT2D eigenvalue weighted by molar-refractivity contribution is 5.71. The van der Waals surface area contributed by atoms with E-state index in [1.54, 1.807) is 12.3 Å². The van der Waals surface area contributed by atoms with E-state index in [1.165, 1.54) is 0 Å². The van der Waals surface area contributed by atoms with Crippen LogP contribution in [0.5, 0.6) is 0 Å². The van der Waals surface area contributed by atoms with Gasteiger partial charge in [-0.15, -0.1) is 0 Å². The third-order valence-corrected chi connectivity index (χ3v) is 1.80. The summed E-state index contributed by atoms with van der Waals surface area (Å²) in [6, 6.07) is 0. The third kappa shape index (κ3) is 3.76. The molecule has 1 nitrogen and oxygen atoms in total. The summed E-state index contributed by atoms with van der Waals surface area (Å²) >= 11 is 0. The molecule has 0 aromatic carbocycles. The molecule has 0 heterocycles. The largest absolute Gasteiger partial charge is 0.262 e. The topological polar surface area (TPSA) is 12.4 Å². The van der Waals surface area contributed by atoms with Crippen LogP contribution in [0.2, 0.25) is 0 Å². The SMILES string of the molecule is C=CC=NC(=C)C(CC)CC. The maximum absolute atomic E-state index is 4.15. The number of nitrogens with zero attached hydrogens (tertiary/aromatic N) is 1. The Hall–Kier alpha value is -0.850. The van der Waals surface area contributed by atoms with E-state index in [0.717, 1.165) is 18.5 Å². The van der Waals surface area contributed by atoms with Gasteiger partial charge in [-0.2, -0.15) is 0 Å². The first-order valence-corrected chi connectivity index (χ1v) is 4.10.